The molecule has 0 fully saturated rings. The number of rotatable bonds is 12. The Morgan fingerprint density at radius 2 is 1.63 bits per heavy atom. The normalized spacial score (nSPS) is 11.7. The molecule has 0 saturated carbocycles. The number of amides is 1. The highest BCUT2D eigenvalue weighted by atomic mass is 32.2. The van der Waals surface area contributed by atoms with E-state index in [1.54, 1.807) is 12.1 Å². The van der Waals surface area contributed by atoms with E-state index in [1.165, 1.54) is 22.9 Å². The Morgan fingerprint density at radius 3 is 2.23 bits per heavy atom. The van der Waals surface area contributed by atoms with Crippen LogP contribution in [0.2, 0.25) is 0 Å². The molecule has 0 aliphatic heterocycles. The number of carbonyl (C=O) groups excluding carboxylic acids is 1. The zero-order chi connectivity index (χ0) is 25.4. The molecule has 8 nitrogen and oxygen atoms in total. The molecular weight excluding hydrogens is 466 g/mol. The molecule has 1 heterocycles. The third kappa shape index (κ3) is 6.91. The van der Waals surface area contributed by atoms with Gasteiger partial charge >= 0.3 is 0 Å². The maximum Gasteiger partial charge on any atom is 0.277 e. The maximum atomic E-state index is 12.5. The number of nitrogens with one attached hydrogen (secondary N) is 1. The Balaban J connectivity index is 1.68. The van der Waals surface area contributed by atoms with Crippen LogP contribution in [0.3, 0.4) is 0 Å². The fourth-order valence-corrected chi connectivity index (χ4v) is 4.00. The van der Waals surface area contributed by atoms with Gasteiger partial charge in [-0.05, 0) is 70.4 Å². The third-order valence-electron chi connectivity index (χ3n) is 5.30. The zero-order valence-corrected chi connectivity index (χ0v) is 22.0. The first-order valence-electron chi connectivity index (χ1n) is 11.8. The minimum atomic E-state index is -0.112. The van der Waals surface area contributed by atoms with Gasteiger partial charge in [0, 0.05) is 5.56 Å². The van der Waals surface area contributed by atoms with Gasteiger partial charge in [-0.15, -0.1) is 10.2 Å². The monoisotopic (exact) mass is 499 g/mol. The van der Waals surface area contributed by atoms with Crippen LogP contribution in [-0.2, 0) is 4.79 Å². The highest BCUT2D eigenvalue weighted by molar-refractivity contribution is 7.99. The van der Waals surface area contributed by atoms with Crippen LogP contribution >= 0.6 is 11.8 Å². The zero-order valence-electron chi connectivity index (χ0n) is 21.1. The van der Waals surface area contributed by atoms with Gasteiger partial charge in [-0.1, -0.05) is 30.0 Å². The predicted octanol–water partition coefficient (Wildman–Crippen LogP) is 5.52. The molecule has 0 saturated heterocycles. The van der Waals surface area contributed by atoms with Crippen LogP contribution in [0.1, 0.15) is 50.4 Å². The maximum absolute atomic E-state index is 12.5. The molecule has 188 valence electrons. The van der Waals surface area contributed by atoms with E-state index in [1.807, 2.05) is 33.8 Å². The van der Waals surface area contributed by atoms with E-state index < -0.39 is 0 Å². The lowest BCUT2D eigenvalue weighted by atomic mass is 10.0. The molecule has 0 radical (unpaired) electrons. The van der Waals surface area contributed by atoms with E-state index in [0.29, 0.717) is 53.7 Å². The van der Waals surface area contributed by atoms with Gasteiger partial charge in [0.1, 0.15) is 0 Å². The molecule has 0 bridgehead atoms. The summed E-state index contributed by atoms with van der Waals surface area (Å²) in [6.07, 6.45) is 0. The van der Waals surface area contributed by atoms with Crippen molar-refractivity contribution >= 4 is 17.7 Å². The summed E-state index contributed by atoms with van der Waals surface area (Å²) in [4.78, 5) is 12.5. The SMILES string of the molecule is CCOc1cc(-c2nnc(SCC(=O)NC(C)c3ccc(C)c(C)c3)o2)cc(OCC)c1OCC. The highest BCUT2D eigenvalue weighted by Gasteiger charge is 2.19. The smallest absolute Gasteiger partial charge is 0.277 e. The molecule has 1 N–H and O–H groups in total. The summed E-state index contributed by atoms with van der Waals surface area (Å²) in [5.41, 5.74) is 4.14. The molecule has 1 amide bonds. The lowest BCUT2D eigenvalue weighted by molar-refractivity contribution is -0.119. The third-order valence-corrected chi connectivity index (χ3v) is 6.12. The second-order valence-electron chi connectivity index (χ2n) is 7.90. The van der Waals surface area contributed by atoms with E-state index >= 15 is 0 Å². The van der Waals surface area contributed by atoms with Crippen molar-refractivity contribution in [3.05, 3.63) is 47.0 Å². The molecule has 3 rings (SSSR count). The van der Waals surface area contributed by atoms with Gasteiger partial charge in [-0.2, -0.15) is 0 Å². The topological polar surface area (TPSA) is 95.7 Å². The molecule has 0 aliphatic rings. The molecule has 35 heavy (non-hydrogen) atoms. The van der Waals surface area contributed by atoms with Crippen LogP contribution in [0.5, 0.6) is 17.2 Å². The molecule has 0 aliphatic carbocycles. The molecule has 3 aromatic rings. The van der Waals surface area contributed by atoms with Gasteiger partial charge in [-0.25, -0.2) is 0 Å². The van der Waals surface area contributed by atoms with Gasteiger partial charge in [0.25, 0.3) is 5.22 Å². The van der Waals surface area contributed by atoms with Crippen molar-refractivity contribution < 1.29 is 23.4 Å². The Labute approximate surface area is 210 Å². The fourth-order valence-electron chi connectivity index (χ4n) is 3.42. The number of hydrogen-bond acceptors (Lipinski definition) is 8. The molecule has 1 aromatic heterocycles. The molecule has 2 aromatic carbocycles. The first-order valence-corrected chi connectivity index (χ1v) is 12.7. The Morgan fingerprint density at radius 1 is 0.971 bits per heavy atom. The van der Waals surface area contributed by atoms with Crippen LogP contribution in [0.4, 0.5) is 0 Å². The fraction of sp³-hybridized carbons (Fsp3) is 0.423. The minimum Gasteiger partial charge on any atom is -0.490 e. The number of aryl methyl sites for hydroxylation is 2. The number of hydrogen-bond donors (Lipinski definition) is 1. The van der Waals surface area contributed by atoms with Crippen molar-refractivity contribution in [3.8, 4) is 28.7 Å². The van der Waals surface area contributed by atoms with Gasteiger partial charge in [0.2, 0.25) is 17.5 Å². The second kappa shape index (κ2) is 12.5. The van der Waals surface area contributed by atoms with Crippen molar-refractivity contribution in [1.82, 2.24) is 15.5 Å². The van der Waals surface area contributed by atoms with Crippen molar-refractivity contribution in [2.45, 2.75) is 52.8 Å². The molecule has 9 heteroatoms. The average molecular weight is 500 g/mol. The van der Waals surface area contributed by atoms with E-state index in [0.717, 1.165) is 5.56 Å². The van der Waals surface area contributed by atoms with Gasteiger partial charge in [-0.3, -0.25) is 4.79 Å². The van der Waals surface area contributed by atoms with Crippen LogP contribution < -0.4 is 19.5 Å². The summed E-state index contributed by atoms with van der Waals surface area (Å²) in [7, 11) is 0. The van der Waals surface area contributed by atoms with Gasteiger partial charge in [0.15, 0.2) is 11.5 Å². The Kier molecular flexibility index (Phi) is 9.42. The molecule has 1 atom stereocenters. The highest BCUT2D eigenvalue weighted by Crippen LogP contribution is 2.42. The van der Waals surface area contributed by atoms with Crippen molar-refractivity contribution in [2.75, 3.05) is 25.6 Å². The number of thioether (sulfide) groups is 1. The predicted molar refractivity (Wildman–Crippen MR) is 136 cm³/mol. The number of nitrogens with zero attached hydrogens (tertiary/aromatic N) is 2. The van der Waals surface area contributed by atoms with E-state index in [4.69, 9.17) is 18.6 Å². The lowest BCUT2D eigenvalue weighted by Gasteiger charge is -2.16. The quantitative estimate of drug-likeness (QED) is 0.326. The van der Waals surface area contributed by atoms with E-state index in [9.17, 15) is 4.79 Å². The van der Waals surface area contributed by atoms with Gasteiger partial charge in [0.05, 0.1) is 31.6 Å². The second-order valence-corrected chi connectivity index (χ2v) is 8.82. The first-order chi connectivity index (χ1) is 16.9. The average Bonchev–Trinajstić information content (AvgIpc) is 3.31. The number of carbonyl (C=O) groups is 1. The van der Waals surface area contributed by atoms with Crippen molar-refractivity contribution in [2.24, 2.45) is 0 Å². The largest absolute Gasteiger partial charge is 0.490 e. The summed E-state index contributed by atoms with van der Waals surface area (Å²) in [5, 5.41) is 11.6. The van der Waals surface area contributed by atoms with Crippen molar-refractivity contribution in [1.29, 1.82) is 0 Å². The number of benzene rings is 2. The minimum absolute atomic E-state index is 0.0986. The van der Waals surface area contributed by atoms with Crippen LogP contribution in [-0.4, -0.2) is 41.7 Å². The summed E-state index contributed by atoms with van der Waals surface area (Å²) in [6.45, 7) is 13.2. The number of aromatic nitrogens is 2. The lowest BCUT2D eigenvalue weighted by Crippen LogP contribution is -2.28. The Bertz CT molecular complexity index is 1120. The van der Waals surface area contributed by atoms with Gasteiger partial charge < -0.3 is 23.9 Å². The summed E-state index contributed by atoms with van der Waals surface area (Å²) < 4.78 is 23.1. The van der Waals surface area contributed by atoms with Crippen LogP contribution in [0.25, 0.3) is 11.5 Å². The number of ether oxygens (including phenoxy) is 3. The summed E-state index contributed by atoms with van der Waals surface area (Å²) >= 11 is 1.19. The molecule has 0 spiro atoms. The van der Waals surface area contributed by atoms with Crippen LogP contribution in [0.15, 0.2) is 40.0 Å². The molecular formula is C26H33N3O5S. The van der Waals surface area contributed by atoms with E-state index in [-0.39, 0.29) is 17.7 Å². The standard InChI is InChI=1S/C26H33N3O5S/c1-7-31-21-13-20(14-22(32-8-2)24(21)33-9-3)25-28-29-26(34-25)35-15-23(30)27-18(6)19-11-10-16(4)17(5)12-19/h10-14,18H,7-9,15H2,1-6H3,(H,27,30). The Hall–Kier alpha value is -3.20. The first kappa shape index (κ1) is 26.4. The van der Waals surface area contributed by atoms with Crippen LogP contribution in [0, 0.1) is 13.8 Å². The summed E-state index contributed by atoms with van der Waals surface area (Å²) in [6, 6.07) is 9.68. The molecule has 1 unspecified atom stereocenters. The summed E-state index contributed by atoms with van der Waals surface area (Å²) in [5.74, 6) is 1.99. The van der Waals surface area contributed by atoms with E-state index in [2.05, 4.69) is 41.5 Å². The van der Waals surface area contributed by atoms with Crippen molar-refractivity contribution in [3.63, 3.8) is 0 Å².